The van der Waals surface area contributed by atoms with E-state index < -0.39 is 0 Å². The largest absolute Gasteiger partial charge is 0.459 e. The van der Waals surface area contributed by atoms with Gasteiger partial charge >= 0.3 is 0 Å². The fourth-order valence-corrected chi connectivity index (χ4v) is 3.21. The second kappa shape index (κ2) is 4.44. The molecule has 0 aliphatic heterocycles. The quantitative estimate of drug-likeness (QED) is 0.702. The number of hydrogen-bond donors (Lipinski definition) is 1. The van der Waals surface area contributed by atoms with Crippen LogP contribution in [0.2, 0.25) is 0 Å². The molecule has 3 rings (SSSR count). The van der Waals surface area contributed by atoms with Crippen molar-refractivity contribution >= 4 is 44.9 Å². The maximum atomic E-state index is 6.20. The summed E-state index contributed by atoms with van der Waals surface area (Å²) in [5, 5.41) is 3.18. The van der Waals surface area contributed by atoms with E-state index in [2.05, 4.69) is 34.0 Å². The number of hydrogen-bond acceptors (Lipinski definition) is 3. The number of halogens is 1. The zero-order valence-corrected chi connectivity index (χ0v) is 11.9. The lowest BCUT2D eigenvalue weighted by Gasteiger charge is -2.05. The first-order chi connectivity index (χ1) is 8.24. The molecule has 86 valence electrons. The highest BCUT2D eigenvalue weighted by molar-refractivity contribution is 14.1. The number of nitrogens with two attached hydrogens (primary N) is 1. The van der Waals surface area contributed by atoms with Gasteiger partial charge in [-0.15, -0.1) is 11.3 Å². The van der Waals surface area contributed by atoms with Gasteiger partial charge in [-0.1, -0.05) is 18.2 Å². The molecule has 0 aliphatic rings. The zero-order chi connectivity index (χ0) is 11.8. The highest BCUT2D eigenvalue weighted by Gasteiger charge is 2.15. The van der Waals surface area contributed by atoms with Crippen LogP contribution in [0.1, 0.15) is 17.4 Å². The Hall–Kier alpha value is -0.850. The normalized spacial score (nSPS) is 13.1. The average Bonchev–Trinajstić information content (AvgIpc) is 2.93. The minimum atomic E-state index is -0.179. The summed E-state index contributed by atoms with van der Waals surface area (Å²) in [5.41, 5.74) is 8.20. The molecule has 0 aliphatic carbocycles. The Morgan fingerprint density at radius 2 is 2.06 bits per heavy atom. The number of fused-ring (bicyclic) bond motifs is 1. The van der Waals surface area contributed by atoms with E-state index in [1.807, 2.05) is 30.3 Å². The summed E-state index contributed by atoms with van der Waals surface area (Å²) in [5.74, 6) is 0.820. The molecule has 0 fully saturated rings. The minimum absolute atomic E-state index is 0.179. The summed E-state index contributed by atoms with van der Waals surface area (Å²) >= 11 is 4.00. The Morgan fingerprint density at radius 3 is 2.76 bits per heavy atom. The molecule has 1 aromatic carbocycles. The molecule has 17 heavy (non-hydrogen) atoms. The van der Waals surface area contributed by atoms with Crippen LogP contribution in [0.5, 0.6) is 0 Å². The zero-order valence-electron chi connectivity index (χ0n) is 8.89. The van der Waals surface area contributed by atoms with Crippen LogP contribution >= 0.6 is 33.9 Å². The predicted molar refractivity (Wildman–Crippen MR) is 79.3 cm³/mol. The van der Waals surface area contributed by atoms with Crippen molar-refractivity contribution < 1.29 is 4.42 Å². The molecule has 0 spiro atoms. The molecule has 0 saturated heterocycles. The van der Waals surface area contributed by atoms with Crippen LogP contribution in [-0.2, 0) is 0 Å². The summed E-state index contributed by atoms with van der Waals surface area (Å²) < 4.78 is 7.01. The summed E-state index contributed by atoms with van der Waals surface area (Å²) in [4.78, 5) is 0. The maximum Gasteiger partial charge on any atom is 0.134 e. The highest BCUT2D eigenvalue weighted by Crippen LogP contribution is 2.29. The van der Waals surface area contributed by atoms with Gasteiger partial charge in [0.2, 0.25) is 0 Å². The second-order valence-electron chi connectivity index (χ2n) is 3.85. The van der Waals surface area contributed by atoms with Crippen molar-refractivity contribution in [3.63, 3.8) is 0 Å². The molecule has 1 atom stereocenters. The van der Waals surface area contributed by atoms with Gasteiger partial charge in [-0.05, 0) is 51.7 Å². The van der Waals surface area contributed by atoms with Crippen molar-refractivity contribution in [2.75, 3.05) is 0 Å². The number of rotatable bonds is 2. The molecular weight excluding hydrogens is 345 g/mol. The van der Waals surface area contributed by atoms with E-state index in [1.54, 1.807) is 11.3 Å². The third-order valence-electron chi connectivity index (χ3n) is 2.70. The minimum Gasteiger partial charge on any atom is -0.459 e. The standard InChI is InChI=1S/C13H10INOS/c14-12-6-9(7-17-12)13(15)11-5-8-3-1-2-4-10(8)16-11/h1-7,13H,15H2. The SMILES string of the molecule is NC(c1csc(I)c1)c1cc2ccccc2o1. The monoisotopic (exact) mass is 355 g/mol. The van der Waals surface area contributed by atoms with Gasteiger partial charge in [0, 0.05) is 5.39 Å². The Morgan fingerprint density at radius 1 is 1.24 bits per heavy atom. The third kappa shape index (κ3) is 2.12. The first-order valence-corrected chi connectivity index (χ1v) is 7.18. The second-order valence-corrected chi connectivity index (χ2v) is 6.65. The summed E-state index contributed by atoms with van der Waals surface area (Å²) in [6.07, 6.45) is 0. The van der Waals surface area contributed by atoms with Gasteiger partial charge < -0.3 is 10.2 Å². The van der Waals surface area contributed by atoms with Crippen LogP contribution < -0.4 is 5.73 Å². The first kappa shape index (κ1) is 11.3. The lowest BCUT2D eigenvalue weighted by atomic mass is 10.1. The highest BCUT2D eigenvalue weighted by atomic mass is 127. The van der Waals surface area contributed by atoms with Crippen LogP contribution in [0.15, 0.2) is 46.2 Å². The van der Waals surface area contributed by atoms with Gasteiger partial charge in [0.05, 0.1) is 8.93 Å². The smallest absolute Gasteiger partial charge is 0.134 e. The lowest BCUT2D eigenvalue weighted by molar-refractivity contribution is 0.525. The van der Waals surface area contributed by atoms with Gasteiger partial charge in [0.15, 0.2) is 0 Å². The van der Waals surface area contributed by atoms with Gasteiger partial charge in [-0.25, -0.2) is 0 Å². The van der Waals surface area contributed by atoms with Crippen molar-refractivity contribution in [2.24, 2.45) is 5.73 Å². The van der Waals surface area contributed by atoms with E-state index in [0.717, 1.165) is 22.3 Å². The molecule has 0 radical (unpaired) electrons. The van der Waals surface area contributed by atoms with Crippen LogP contribution in [0, 0.1) is 2.88 Å². The van der Waals surface area contributed by atoms with Gasteiger partial charge in [0.1, 0.15) is 11.3 Å². The average molecular weight is 355 g/mol. The van der Waals surface area contributed by atoms with Gasteiger partial charge in [0.25, 0.3) is 0 Å². The fourth-order valence-electron chi connectivity index (χ4n) is 1.81. The molecule has 3 aromatic rings. The molecule has 2 heterocycles. The predicted octanol–water partition coefficient (Wildman–Crippen LogP) is 4.15. The van der Waals surface area contributed by atoms with Crippen molar-refractivity contribution in [1.29, 1.82) is 0 Å². The molecule has 0 amide bonds. The van der Waals surface area contributed by atoms with Crippen molar-refractivity contribution in [1.82, 2.24) is 0 Å². The van der Waals surface area contributed by atoms with Crippen molar-refractivity contribution in [3.05, 3.63) is 56.0 Å². The van der Waals surface area contributed by atoms with Crippen LogP contribution in [0.25, 0.3) is 11.0 Å². The Bertz CT molecular complexity index is 625. The van der Waals surface area contributed by atoms with Crippen LogP contribution in [0.3, 0.4) is 0 Å². The van der Waals surface area contributed by atoms with E-state index in [4.69, 9.17) is 10.2 Å². The molecule has 1 unspecified atom stereocenters. The Kier molecular flexibility index (Phi) is 2.94. The van der Waals surface area contributed by atoms with Crippen molar-refractivity contribution in [2.45, 2.75) is 6.04 Å². The summed E-state index contributed by atoms with van der Waals surface area (Å²) in [6.45, 7) is 0. The molecule has 2 aromatic heterocycles. The molecular formula is C13H10INOS. The Balaban J connectivity index is 2.03. The van der Waals surface area contributed by atoms with E-state index >= 15 is 0 Å². The Labute approximate surface area is 117 Å². The van der Waals surface area contributed by atoms with Crippen molar-refractivity contribution in [3.8, 4) is 0 Å². The lowest BCUT2D eigenvalue weighted by Crippen LogP contribution is -2.09. The van der Waals surface area contributed by atoms with E-state index in [-0.39, 0.29) is 6.04 Å². The summed E-state index contributed by atoms with van der Waals surface area (Å²) in [7, 11) is 0. The maximum absolute atomic E-state index is 6.20. The molecule has 0 bridgehead atoms. The molecule has 2 nitrogen and oxygen atoms in total. The number of thiophene rings is 1. The summed E-state index contributed by atoms with van der Waals surface area (Å²) in [6, 6.07) is 11.9. The van der Waals surface area contributed by atoms with E-state index in [1.165, 1.54) is 2.88 Å². The molecule has 4 heteroatoms. The number of benzene rings is 1. The van der Waals surface area contributed by atoms with Crippen LogP contribution in [-0.4, -0.2) is 0 Å². The number of furan rings is 1. The van der Waals surface area contributed by atoms with Crippen LogP contribution in [0.4, 0.5) is 0 Å². The third-order valence-corrected chi connectivity index (χ3v) is 4.51. The fraction of sp³-hybridized carbons (Fsp3) is 0.0769. The van der Waals surface area contributed by atoms with Gasteiger partial charge in [-0.2, -0.15) is 0 Å². The first-order valence-electron chi connectivity index (χ1n) is 5.22. The molecule has 2 N–H and O–H groups in total. The topological polar surface area (TPSA) is 39.2 Å². The van der Waals surface area contributed by atoms with Gasteiger partial charge in [-0.3, -0.25) is 0 Å². The van der Waals surface area contributed by atoms with E-state index in [9.17, 15) is 0 Å². The molecule has 0 saturated carbocycles. The van der Waals surface area contributed by atoms with E-state index in [0.29, 0.717) is 0 Å². The number of para-hydroxylation sites is 1.